The van der Waals surface area contributed by atoms with Crippen molar-refractivity contribution < 1.29 is 4.79 Å². The largest absolute Gasteiger partial charge is 0.332 e. The number of carbonyl (C=O) groups is 1. The first-order chi connectivity index (χ1) is 10.8. The van der Waals surface area contributed by atoms with Gasteiger partial charge in [-0.1, -0.05) is 12.1 Å². The highest BCUT2D eigenvalue weighted by atomic mass is 16.2. The predicted octanol–water partition coefficient (Wildman–Crippen LogP) is 3.19. The highest BCUT2D eigenvalue weighted by Crippen LogP contribution is 2.14. The van der Waals surface area contributed by atoms with Crippen LogP contribution in [-0.2, 0) is 6.54 Å². The third-order valence-corrected chi connectivity index (χ3v) is 3.16. The first-order valence-corrected chi connectivity index (χ1v) is 6.99. The summed E-state index contributed by atoms with van der Waals surface area (Å²) < 4.78 is 1.98. The summed E-state index contributed by atoms with van der Waals surface area (Å²) in [5, 5.41) is 5.61. The average molecular weight is 292 g/mol. The monoisotopic (exact) mass is 292 g/mol. The van der Waals surface area contributed by atoms with Crippen molar-refractivity contribution in [3.05, 3.63) is 78.9 Å². The summed E-state index contributed by atoms with van der Waals surface area (Å²) in [6.07, 6.45) is 5.62. The normalized spacial score (nSPS) is 10.2. The number of hydrogen-bond acceptors (Lipinski definition) is 2. The summed E-state index contributed by atoms with van der Waals surface area (Å²) in [4.78, 5) is 16.1. The maximum absolute atomic E-state index is 11.9. The Labute approximate surface area is 128 Å². The summed E-state index contributed by atoms with van der Waals surface area (Å²) in [5.41, 5.74) is 2.55. The zero-order valence-electron chi connectivity index (χ0n) is 11.9. The molecule has 2 N–H and O–H groups in total. The van der Waals surface area contributed by atoms with Crippen molar-refractivity contribution in [3.63, 3.8) is 0 Å². The molecule has 0 radical (unpaired) electrons. The predicted molar refractivity (Wildman–Crippen MR) is 85.9 cm³/mol. The first kappa shape index (κ1) is 13.9. The molecule has 2 amide bonds. The number of amides is 2. The molecule has 5 nitrogen and oxygen atoms in total. The third kappa shape index (κ3) is 3.52. The zero-order valence-corrected chi connectivity index (χ0v) is 11.9. The van der Waals surface area contributed by atoms with Crippen LogP contribution in [0, 0.1) is 0 Å². The number of nitrogens with one attached hydrogen (secondary N) is 2. The summed E-state index contributed by atoms with van der Waals surface area (Å²) in [7, 11) is 0. The molecule has 0 atom stereocenters. The van der Waals surface area contributed by atoms with E-state index in [2.05, 4.69) is 15.6 Å². The highest BCUT2D eigenvalue weighted by molar-refractivity contribution is 5.89. The van der Waals surface area contributed by atoms with Crippen LogP contribution in [0.15, 0.2) is 73.2 Å². The molecule has 0 aliphatic rings. The van der Waals surface area contributed by atoms with Crippen molar-refractivity contribution in [2.75, 3.05) is 5.32 Å². The zero-order chi connectivity index (χ0) is 15.2. The lowest BCUT2D eigenvalue weighted by Gasteiger charge is -2.09. The molecule has 2 heterocycles. The standard InChI is InChI=1S/C17H16N4O/c22-17(19-13-15-6-1-2-9-18-15)20-14-7-5-8-16(12-14)21-10-3-4-11-21/h1-12H,13H2,(H2,19,20,22). The quantitative estimate of drug-likeness (QED) is 0.776. The second-order valence-corrected chi connectivity index (χ2v) is 4.77. The minimum absolute atomic E-state index is 0.254. The van der Waals surface area contributed by atoms with Crippen LogP contribution in [0.5, 0.6) is 0 Å². The van der Waals surface area contributed by atoms with Gasteiger partial charge >= 0.3 is 6.03 Å². The summed E-state index contributed by atoms with van der Waals surface area (Å²) in [6, 6.07) is 16.9. The number of carbonyl (C=O) groups excluding carboxylic acids is 1. The van der Waals surface area contributed by atoms with Gasteiger partial charge in [0.25, 0.3) is 0 Å². The van der Waals surface area contributed by atoms with Gasteiger partial charge < -0.3 is 15.2 Å². The van der Waals surface area contributed by atoms with Crippen LogP contribution in [0.4, 0.5) is 10.5 Å². The van der Waals surface area contributed by atoms with Crippen LogP contribution in [-0.4, -0.2) is 15.6 Å². The number of pyridine rings is 1. The maximum atomic E-state index is 11.9. The molecule has 0 saturated heterocycles. The number of benzene rings is 1. The van der Waals surface area contributed by atoms with Gasteiger partial charge in [-0.25, -0.2) is 4.79 Å². The Morgan fingerprint density at radius 2 is 1.91 bits per heavy atom. The van der Waals surface area contributed by atoms with E-state index < -0.39 is 0 Å². The van der Waals surface area contributed by atoms with E-state index in [-0.39, 0.29) is 6.03 Å². The van der Waals surface area contributed by atoms with Gasteiger partial charge in [-0.05, 0) is 42.5 Å². The van der Waals surface area contributed by atoms with E-state index in [9.17, 15) is 4.79 Å². The van der Waals surface area contributed by atoms with Gasteiger partial charge in [-0.15, -0.1) is 0 Å². The fraction of sp³-hybridized carbons (Fsp3) is 0.0588. The van der Waals surface area contributed by atoms with Gasteiger partial charge in [0.15, 0.2) is 0 Å². The highest BCUT2D eigenvalue weighted by Gasteiger charge is 2.03. The second kappa shape index (κ2) is 6.58. The topological polar surface area (TPSA) is 59.0 Å². The summed E-state index contributed by atoms with van der Waals surface area (Å²) in [5.74, 6) is 0. The molecule has 0 aliphatic carbocycles. The fourth-order valence-electron chi connectivity index (χ4n) is 2.10. The molecule has 3 rings (SSSR count). The molecule has 0 saturated carbocycles. The number of rotatable bonds is 4. The molecule has 0 aliphatic heterocycles. The minimum atomic E-state index is -0.254. The van der Waals surface area contributed by atoms with Gasteiger partial charge in [0.2, 0.25) is 0 Å². The average Bonchev–Trinajstić information content (AvgIpc) is 3.09. The maximum Gasteiger partial charge on any atom is 0.319 e. The number of urea groups is 1. The Kier molecular flexibility index (Phi) is 4.15. The molecular formula is C17H16N4O. The SMILES string of the molecule is O=C(NCc1ccccn1)Nc1cccc(-n2cccc2)c1. The van der Waals surface area contributed by atoms with E-state index in [1.807, 2.05) is 71.6 Å². The van der Waals surface area contributed by atoms with E-state index in [1.54, 1.807) is 6.20 Å². The van der Waals surface area contributed by atoms with Crippen LogP contribution in [0.1, 0.15) is 5.69 Å². The van der Waals surface area contributed by atoms with Gasteiger partial charge in [-0.2, -0.15) is 0 Å². The lowest BCUT2D eigenvalue weighted by molar-refractivity contribution is 0.251. The molecule has 0 spiro atoms. The van der Waals surface area contributed by atoms with Gasteiger partial charge in [0.1, 0.15) is 0 Å². The van der Waals surface area contributed by atoms with Crippen LogP contribution in [0.2, 0.25) is 0 Å². The lowest BCUT2D eigenvalue weighted by atomic mass is 10.2. The van der Waals surface area contributed by atoms with E-state index in [1.165, 1.54) is 0 Å². The van der Waals surface area contributed by atoms with Crippen molar-refractivity contribution in [3.8, 4) is 5.69 Å². The number of nitrogens with zero attached hydrogens (tertiary/aromatic N) is 2. The Hall–Kier alpha value is -3.08. The fourth-order valence-corrected chi connectivity index (χ4v) is 2.10. The molecule has 3 aromatic rings. The summed E-state index contributed by atoms with van der Waals surface area (Å²) >= 11 is 0. The number of aromatic nitrogens is 2. The Morgan fingerprint density at radius 3 is 2.68 bits per heavy atom. The van der Waals surface area contributed by atoms with Crippen molar-refractivity contribution >= 4 is 11.7 Å². The second-order valence-electron chi connectivity index (χ2n) is 4.77. The Bertz CT molecular complexity index is 738. The van der Waals surface area contributed by atoms with Gasteiger partial charge in [-0.3, -0.25) is 4.98 Å². The van der Waals surface area contributed by atoms with Crippen LogP contribution in [0.3, 0.4) is 0 Å². The van der Waals surface area contributed by atoms with Crippen LogP contribution in [0.25, 0.3) is 5.69 Å². The molecule has 5 heteroatoms. The third-order valence-electron chi connectivity index (χ3n) is 3.16. The number of anilines is 1. The number of hydrogen-bond donors (Lipinski definition) is 2. The molecule has 1 aromatic carbocycles. The molecular weight excluding hydrogens is 276 g/mol. The van der Waals surface area contributed by atoms with E-state index >= 15 is 0 Å². The lowest BCUT2D eigenvalue weighted by Crippen LogP contribution is -2.28. The van der Waals surface area contributed by atoms with Crippen molar-refractivity contribution in [1.29, 1.82) is 0 Å². The molecule has 110 valence electrons. The molecule has 22 heavy (non-hydrogen) atoms. The van der Waals surface area contributed by atoms with Crippen LogP contribution < -0.4 is 10.6 Å². The molecule has 0 fully saturated rings. The summed E-state index contributed by atoms with van der Waals surface area (Å²) in [6.45, 7) is 0.393. The van der Waals surface area contributed by atoms with Crippen molar-refractivity contribution in [2.45, 2.75) is 6.54 Å². The molecule has 0 bridgehead atoms. The van der Waals surface area contributed by atoms with Crippen LogP contribution >= 0.6 is 0 Å². The van der Waals surface area contributed by atoms with E-state index in [4.69, 9.17) is 0 Å². The molecule has 0 unspecified atom stereocenters. The van der Waals surface area contributed by atoms with Gasteiger partial charge in [0, 0.05) is 30.0 Å². The van der Waals surface area contributed by atoms with Crippen molar-refractivity contribution in [2.24, 2.45) is 0 Å². The Balaban J connectivity index is 1.61. The first-order valence-electron chi connectivity index (χ1n) is 6.99. The molecule has 2 aromatic heterocycles. The smallest absolute Gasteiger partial charge is 0.319 e. The minimum Gasteiger partial charge on any atom is -0.332 e. The van der Waals surface area contributed by atoms with E-state index in [0.29, 0.717) is 6.54 Å². The Morgan fingerprint density at radius 1 is 1.05 bits per heavy atom. The van der Waals surface area contributed by atoms with Crippen molar-refractivity contribution in [1.82, 2.24) is 14.9 Å². The van der Waals surface area contributed by atoms with E-state index in [0.717, 1.165) is 17.1 Å². The van der Waals surface area contributed by atoms with Gasteiger partial charge in [0.05, 0.1) is 12.2 Å².